The van der Waals surface area contributed by atoms with Crippen LogP contribution in [0, 0.1) is 5.92 Å². The van der Waals surface area contributed by atoms with Crippen LogP contribution in [0.25, 0.3) is 10.4 Å². The standard InChI is InChI=1S/C22H23N3O2S/c1-12(2)18(22-24-20(25-27-22)14-8-9-14)23-21(26)17-11-15-10-7-13-5-3-4-6-16(13)19(15)28-17/h3-6,11-12,14,18H,7-10H2,1-2H3,(H,23,26). The van der Waals surface area contributed by atoms with Crippen molar-refractivity contribution in [3.8, 4) is 10.4 Å². The third-order valence-corrected chi connectivity index (χ3v) is 6.79. The Bertz CT molecular complexity index is 1030. The fourth-order valence-corrected chi connectivity index (χ4v) is 4.96. The highest BCUT2D eigenvalue weighted by Crippen LogP contribution is 2.40. The monoisotopic (exact) mass is 393 g/mol. The molecule has 1 unspecified atom stereocenters. The number of nitrogens with zero attached hydrogens (tertiary/aromatic N) is 2. The van der Waals surface area contributed by atoms with Crippen LogP contribution in [0.3, 0.4) is 0 Å². The molecule has 1 aromatic carbocycles. The lowest BCUT2D eigenvalue weighted by Crippen LogP contribution is -2.31. The molecule has 28 heavy (non-hydrogen) atoms. The number of thiophene rings is 1. The summed E-state index contributed by atoms with van der Waals surface area (Å²) in [5, 5.41) is 7.23. The number of rotatable bonds is 5. The molecule has 1 atom stereocenters. The summed E-state index contributed by atoms with van der Waals surface area (Å²) in [7, 11) is 0. The van der Waals surface area contributed by atoms with Gasteiger partial charge in [0, 0.05) is 10.8 Å². The first-order chi connectivity index (χ1) is 13.6. The Labute approximate surface area is 168 Å². The molecule has 144 valence electrons. The van der Waals surface area contributed by atoms with E-state index in [4.69, 9.17) is 4.52 Å². The second-order valence-electron chi connectivity index (χ2n) is 8.08. The zero-order valence-electron chi connectivity index (χ0n) is 16.1. The van der Waals surface area contributed by atoms with E-state index in [1.165, 1.54) is 21.6 Å². The molecule has 1 saturated carbocycles. The van der Waals surface area contributed by atoms with Gasteiger partial charge in [-0.25, -0.2) is 0 Å². The first-order valence-electron chi connectivity index (χ1n) is 9.95. The number of nitrogens with one attached hydrogen (secondary N) is 1. The number of carbonyl (C=O) groups excluding carboxylic acids is 1. The Morgan fingerprint density at radius 2 is 2.00 bits per heavy atom. The summed E-state index contributed by atoms with van der Waals surface area (Å²) in [6.07, 6.45) is 4.26. The summed E-state index contributed by atoms with van der Waals surface area (Å²) in [5.41, 5.74) is 3.89. The lowest BCUT2D eigenvalue weighted by Gasteiger charge is -2.18. The molecule has 2 aliphatic carbocycles. The van der Waals surface area contributed by atoms with Gasteiger partial charge in [0.15, 0.2) is 5.82 Å². The maximum absolute atomic E-state index is 13.0. The van der Waals surface area contributed by atoms with Gasteiger partial charge in [-0.1, -0.05) is 43.3 Å². The van der Waals surface area contributed by atoms with E-state index in [0.29, 0.717) is 11.8 Å². The van der Waals surface area contributed by atoms with Crippen molar-refractivity contribution in [1.82, 2.24) is 15.5 Å². The summed E-state index contributed by atoms with van der Waals surface area (Å²) in [4.78, 5) is 19.5. The van der Waals surface area contributed by atoms with E-state index in [-0.39, 0.29) is 17.9 Å². The molecule has 6 heteroatoms. The molecule has 0 radical (unpaired) electrons. The SMILES string of the molecule is CC(C)C(NC(=O)c1cc2c(s1)-c1ccccc1CC2)c1nc(C2CC2)no1. The molecular weight excluding hydrogens is 370 g/mol. The van der Waals surface area contributed by atoms with Gasteiger partial charge < -0.3 is 9.84 Å². The highest BCUT2D eigenvalue weighted by molar-refractivity contribution is 7.17. The normalized spacial score (nSPS) is 16.5. The van der Waals surface area contributed by atoms with E-state index in [0.717, 1.165) is 36.4 Å². The zero-order valence-corrected chi connectivity index (χ0v) is 16.9. The molecule has 2 aliphatic rings. The van der Waals surface area contributed by atoms with Crippen molar-refractivity contribution in [2.24, 2.45) is 5.92 Å². The second kappa shape index (κ2) is 6.85. The minimum absolute atomic E-state index is 0.0678. The van der Waals surface area contributed by atoms with Crippen LogP contribution in [-0.2, 0) is 12.8 Å². The number of carbonyl (C=O) groups is 1. The topological polar surface area (TPSA) is 68.0 Å². The number of hydrogen-bond donors (Lipinski definition) is 1. The van der Waals surface area contributed by atoms with Crippen molar-refractivity contribution >= 4 is 17.2 Å². The molecule has 0 bridgehead atoms. The highest BCUT2D eigenvalue weighted by atomic mass is 32.1. The minimum Gasteiger partial charge on any atom is -0.339 e. The Balaban J connectivity index is 1.39. The fourth-order valence-electron chi connectivity index (χ4n) is 3.79. The number of aromatic nitrogens is 2. The average molecular weight is 394 g/mol. The van der Waals surface area contributed by atoms with Gasteiger partial charge in [0.1, 0.15) is 6.04 Å². The van der Waals surface area contributed by atoms with E-state index in [2.05, 4.69) is 53.6 Å². The quantitative estimate of drug-likeness (QED) is 0.669. The summed E-state index contributed by atoms with van der Waals surface area (Å²) in [6.45, 7) is 4.11. The lowest BCUT2D eigenvalue weighted by atomic mass is 9.91. The third kappa shape index (κ3) is 3.15. The van der Waals surface area contributed by atoms with Gasteiger partial charge in [-0.15, -0.1) is 11.3 Å². The summed E-state index contributed by atoms with van der Waals surface area (Å²) >= 11 is 1.58. The van der Waals surface area contributed by atoms with Crippen LogP contribution in [0.1, 0.15) is 71.2 Å². The molecule has 3 aromatic rings. The molecule has 2 heterocycles. The van der Waals surface area contributed by atoms with Gasteiger partial charge in [0.05, 0.1) is 4.88 Å². The average Bonchev–Trinajstić information content (AvgIpc) is 3.26. The zero-order chi connectivity index (χ0) is 19.3. The van der Waals surface area contributed by atoms with E-state index < -0.39 is 0 Å². The van der Waals surface area contributed by atoms with Gasteiger partial charge in [-0.3, -0.25) is 4.79 Å². The lowest BCUT2D eigenvalue weighted by molar-refractivity contribution is 0.0918. The van der Waals surface area contributed by atoms with Crippen molar-refractivity contribution in [3.05, 3.63) is 58.1 Å². The van der Waals surface area contributed by atoms with E-state index in [1.54, 1.807) is 11.3 Å². The molecule has 5 rings (SSSR count). The van der Waals surface area contributed by atoms with Crippen molar-refractivity contribution in [1.29, 1.82) is 0 Å². The van der Waals surface area contributed by atoms with Crippen LogP contribution in [0.15, 0.2) is 34.9 Å². The van der Waals surface area contributed by atoms with Gasteiger partial charge in [0.2, 0.25) is 5.89 Å². The van der Waals surface area contributed by atoms with Crippen molar-refractivity contribution in [2.75, 3.05) is 0 Å². The maximum Gasteiger partial charge on any atom is 0.262 e. The largest absolute Gasteiger partial charge is 0.339 e. The number of fused-ring (bicyclic) bond motifs is 3. The summed E-state index contributed by atoms with van der Waals surface area (Å²) in [6, 6.07) is 10.2. The predicted molar refractivity (Wildman–Crippen MR) is 108 cm³/mol. The molecule has 5 nitrogen and oxygen atoms in total. The molecule has 0 aliphatic heterocycles. The van der Waals surface area contributed by atoms with Crippen LogP contribution in [0.5, 0.6) is 0 Å². The minimum atomic E-state index is -0.279. The number of amides is 1. The maximum atomic E-state index is 13.0. The van der Waals surface area contributed by atoms with E-state index in [9.17, 15) is 4.79 Å². The number of aryl methyl sites for hydroxylation is 2. The first-order valence-corrected chi connectivity index (χ1v) is 10.8. The van der Waals surface area contributed by atoms with Crippen molar-refractivity contribution < 1.29 is 9.32 Å². The van der Waals surface area contributed by atoms with Crippen LogP contribution in [0.4, 0.5) is 0 Å². The van der Waals surface area contributed by atoms with Gasteiger partial charge in [-0.05, 0) is 54.4 Å². The Morgan fingerprint density at radius 1 is 1.21 bits per heavy atom. The molecule has 1 N–H and O–H groups in total. The second-order valence-corrected chi connectivity index (χ2v) is 9.13. The fraction of sp³-hybridized carbons (Fsp3) is 0.409. The van der Waals surface area contributed by atoms with Crippen LogP contribution >= 0.6 is 11.3 Å². The van der Waals surface area contributed by atoms with Crippen LogP contribution < -0.4 is 5.32 Å². The van der Waals surface area contributed by atoms with Gasteiger partial charge in [0.25, 0.3) is 5.91 Å². The van der Waals surface area contributed by atoms with Crippen LogP contribution in [-0.4, -0.2) is 16.0 Å². The molecule has 0 spiro atoms. The molecule has 2 aromatic heterocycles. The van der Waals surface area contributed by atoms with Crippen molar-refractivity contribution in [2.45, 2.75) is 51.5 Å². The van der Waals surface area contributed by atoms with Crippen LogP contribution in [0.2, 0.25) is 0 Å². The highest BCUT2D eigenvalue weighted by Gasteiger charge is 2.32. The van der Waals surface area contributed by atoms with Gasteiger partial charge >= 0.3 is 0 Å². The molecule has 1 fully saturated rings. The third-order valence-electron chi connectivity index (χ3n) is 5.58. The Kier molecular flexibility index (Phi) is 4.31. The molecule has 1 amide bonds. The summed E-state index contributed by atoms with van der Waals surface area (Å²) < 4.78 is 5.48. The summed E-state index contributed by atoms with van der Waals surface area (Å²) in [5.74, 6) is 1.81. The van der Waals surface area contributed by atoms with E-state index in [1.807, 2.05) is 6.07 Å². The Morgan fingerprint density at radius 3 is 2.79 bits per heavy atom. The number of hydrogen-bond acceptors (Lipinski definition) is 5. The smallest absolute Gasteiger partial charge is 0.262 e. The van der Waals surface area contributed by atoms with E-state index >= 15 is 0 Å². The van der Waals surface area contributed by atoms with Crippen molar-refractivity contribution in [3.63, 3.8) is 0 Å². The predicted octanol–water partition coefficient (Wildman–Crippen LogP) is 4.90. The number of benzene rings is 1. The molecular formula is C22H23N3O2S. The molecule has 0 saturated heterocycles. The Hall–Kier alpha value is -2.47. The van der Waals surface area contributed by atoms with Gasteiger partial charge in [-0.2, -0.15) is 4.98 Å². The first kappa shape index (κ1) is 17.6.